The van der Waals surface area contributed by atoms with Gasteiger partial charge in [-0.25, -0.2) is 17.4 Å². The summed E-state index contributed by atoms with van der Waals surface area (Å²) in [5.74, 6) is -0.715. The van der Waals surface area contributed by atoms with Gasteiger partial charge in [-0.15, -0.1) is 11.3 Å². The number of nitrogens with one attached hydrogen (secondary N) is 2. The molecule has 0 bridgehead atoms. The minimum Gasteiger partial charge on any atom is -0.347 e. The maximum Gasteiger partial charge on any atom is 0.273 e. The van der Waals surface area contributed by atoms with E-state index < -0.39 is 21.8 Å². The predicted octanol–water partition coefficient (Wildman–Crippen LogP) is 3.45. The smallest absolute Gasteiger partial charge is 0.273 e. The number of benzene rings is 1. The SMILES string of the molecule is CC(C)c1ncc(CNC(=O)c2ccc3c(c2)NC(=O)c2cc(Cl)cn2S3(=O)=O)s1. The van der Waals surface area contributed by atoms with Gasteiger partial charge < -0.3 is 10.6 Å². The first kappa shape index (κ1) is 20.6. The Morgan fingerprint density at radius 3 is 2.80 bits per heavy atom. The summed E-state index contributed by atoms with van der Waals surface area (Å²) in [6.45, 7) is 4.39. The van der Waals surface area contributed by atoms with Gasteiger partial charge in [0.25, 0.3) is 21.8 Å². The summed E-state index contributed by atoms with van der Waals surface area (Å²) in [5, 5.41) is 6.45. The van der Waals surface area contributed by atoms with Crippen LogP contribution in [0.5, 0.6) is 0 Å². The van der Waals surface area contributed by atoms with Crippen LogP contribution >= 0.6 is 22.9 Å². The molecular formula is C19H17ClN4O4S2. The number of rotatable bonds is 4. The molecule has 0 fully saturated rings. The second-order valence-corrected chi connectivity index (χ2v) is 10.4. The topological polar surface area (TPSA) is 110 Å². The van der Waals surface area contributed by atoms with Crippen molar-refractivity contribution >= 4 is 50.5 Å². The Bertz CT molecular complexity index is 1280. The van der Waals surface area contributed by atoms with E-state index in [1.54, 1.807) is 6.20 Å². The van der Waals surface area contributed by atoms with Crippen molar-refractivity contribution in [2.75, 3.05) is 5.32 Å². The molecule has 0 aliphatic carbocycles. The molecule has 2 aromatic heterocycles. The van der Waals surface area contributed by atoms with Gasteiger partial charge in [0, 0.05) is 28.8 Å². The molecule has 0 spiro atoms. The van der Waals surface area contributed by atoms with Crippen LogP contribution in [0.15, 0.2) is 41.6 Å². The summed E-state index contributed by atoms with van der Waals surface area (Å²) < 4.78 is 26.7. The number of amides is 2. The second kappa shape index (κ2) is 7.53. The minimum absolute atomic E-state index is 0.0346. The third-order valence-electron chi connectivity index (χ3n) is 4.50. The molecule has 2 N–H and O–H groups in total. The van der Waals surface area contributed by atoms with E-state index in [0.29, 0.717) is 12.5 Å². The molecule has 2 amide bonds. The molecule has 0 saturated heterocycles. The first-order valence-corrected chi connectivity index (χ1v) is 11.6. The monoisotopic (exact) mass is 464 g/mol. The number of nitrogens with zero attached hydrogens (tertiary/aromatic N) is 2. The highest BCUT2D eigenvalue weighted by Gasteiger charge is 2.31. The van der Waals surface area contributed by atoms with Crippen molar-refractivity contribution in [3.8, 4) is 0 Å². The molecule has 8 nitrogen and oxygen atoms in total. The van der Waals surface area contributed by atoms with Crippen LogP contribution in [0.25, 0.3) is 0 Å². The molecule has 1 aromatic carbocycles. The van der Waals surface area contributed by atoms with Gasteiger partial charge in [0.2, 0.25) is 0 Å². The lowest BCUT2D eigenvalue weighted by Crippen LogP contribution is -2.22. The quantitative estimate of drug-likeness (QED) is 0.614. The van der Waals surface area contributed by atoms with E-state index in [4.69, 9.17) is 11.6 Å². The van der Waals surface area contributed by atoms with E-state index in [-0.39, 0.29) is 26.9 Å². The average Bonchev–Trinajstić information content (AvgIpc) is 3.31. The minimum atomic E-state index is -4.04. The van der Waals surface area contributed by atoms with Gasteiger partial charge in [0.15, 0.2) is 0 Å². The molecule has 0 saturated carbocycles. The number of thiazole rings is 1. The molecule has 3 heterocycles. The number of fused-ring (bicyclic) bond motifs is 2. The predicted molar refractivity (Wildman–Crippen MR) is 114 cm³/mol. The van der Waals surface area contributed by atoms with Gasteiger partial charge in [0.05, 0.1) is 22.3 Å². The van der Waals surface area contributed by atoms with E-state index in [1.165, 1.54) is 41.8 Å². The van der Waals surface area contributed by atoms with Crippen molar-refractivity contribution in [2.24, 2.45) is 0 Å². The summed E-state index contributed by atoms with van der Waals surface area (Å²) in [6, 6.07) is 5.32. The van der Waals surface area contributed by atoms with Crippen LogP contribution in [0.3, 0.4) is 0 Å². The number of anilines is 1. The van der Waals surface area contributed by atoms with Crippen molar-refractivity contribution in [1.29, 1.82) is 0 Å². The number of carbonyl (C=O) groups is 2. The van der Waals surface area contributed by atoms with Crippen LogP contribution in [0.4, 0.5) is 5.69 Å². The third kappa shape index (κ3) is 3.62. The molecule has 4 rings (SSSR count). The van der Waals surface area contributed by atoms with Crippen LogP contribution in [0.1, 0.15) is 50.5 Å². The first-order valence-electron chi connectivity index (χ1n) is 8.98. The van der Waals surface area contributed by atoms with Crippen LogP contribution in [0.2, 0.25) is 5.02 Å². The maximum atomic E-state index is 12.9. The maximum absolute atomic E-state index is 12.9. The Hall–Kier alpha value is -2.69. The molecule has 0 unspecified atom stereocenters. The zero-order valence-corrected chi connectivity index (χ0v) is 18.4. The lowest BCUT2D eigenvalue weighted by Gasteiger charge is -2.10. The third-order valence-corrected chi connectivity index (χ3v) is 7.74. The summed E-state index contributed by atoms with van der Waals surface area (Å²) in [4.78, 5) is 30.1. The van der Waals surface area contributed by atoms with Crippen LogP contribution < -0.4 is 10.6 Å². The van der Waals surface area contributed by atoms with Gasteiger partial charge in [-0.1, -0.05) is 25.4 Å². The highest BCUT2D eigenvalue weighted by atomic mass is 35.5. The number of hydrogen-bond donors (Lipinski definition) is 2. The fourth-order valence-electron chi connectivity index (χ4n) is 3.00. The van der Waals surface area contributed by atoms with Gasteiger partial charge >= 0.3 is 0 Å². The zero-order chi connectivity index (χ0) is 21.6. The van der Waals surface area contributed by atoms with Gasteiger partial charge in [-0.2, -0.15) is 0 Å². The summed E-state index contributed by atoms with van der Waals surface area (Å²) in [5.41, 5.74) is 0.156. The van der Waals surface area contributed by atoms with Crippen molar-refractivity contribution < 1.29 is 18.0 Å². The van der Waals surface area contributed by atoms with Crippen LogP contribution in [-0.2, 0) is 16.6 Å². The highest BCUT2D eigenvalue weighted by molar-refractivity contribution is 7.90. The van der Waals surface area contributed by atoms with Crippen LogP contribution in [0, 0.1) is 0 Å². The van der Waals surface area contributed by atoms with E-state index >= 15 is 0 Å². The van der Waals surface area contributed by atoms with E-state index in [0.717, 1.165) is 13.9 Å². The van der Waals surface area contributed by atoms with Gasteiger partial charge in [-0.3, -0.25) is 9.59 Å². The Morgan fingerprint density at radius 2 is 2.10 bits per heavy atom. The standard InChI is InChI=1S/C19H17ClN4O4S2/c1-10(2)19-22-8-13(29-19)7-21-17(25)11-3-4-16-14(5-11)23-18(26)15-6-12(20)9-24(15)30(16,27)28/h3-6,8-10H,7H2,1-2H3,(H,21,25)(H,23,26). The Balaban J connectivity index is 1.60. The van der Waals surface area contributed by atoms with E-state index in [2.05, 4.69) is 15.6 Å². The fraction of sp³-hybridized carbons (Fsp3) is 0.211. The number of hydrogen-bond acceptors (Lipinski definition) is 6. The highest BCUT2D eigenvalue weighted by Crippen LogP contribution is 2.31. The Kier molecular flexibility index (Phi) is 5.16. The van der Waals surface area contributed by atoms with Crippen molar-refractivity contribution in [2.45, 2.75) is 31.2 Å². The lowest BCUT2D eigenvalue weighted by atomic mass is 10.2. The number of aromatic nitrogens is 2. The molecule has 156 valence electrons. The average molecular weight is 465 g/mol. The molecule has 0 atom stereocenters. The largest absolute Gasteiger partial charge is 0.347 e. The number of halogens is 1. The molecule has 3 aromatic rings. The zero-order valence-electron chi connectivity index (χ0n) is 16.0. The van der Waals surface area contributed by atoms with Crippen molar-refractivity contribution in [1.82, 2.24) is 14.3 Å². The van der Waals surface area contributed by atoms with Crippen molar-refractivity contribution in [3.05, 3.63) is 62.8 Å². The summed E-state index contributed by atoms with van der Waals surface area (Å²) >= 11 is 7.40. The molecular weight excluding hydrogens is 448 g/mol. The second-order valence-electron chi connectivity index (χ2n) is 7.01. The molecule has 11 heteroatoms. The lowest BCUT2D eigenvalue weighted by molar-refractivity contribution is 0.0949. The van der Waals surface area contributed by atoms with E-state index in [1.807, 2.05) is 13.8 Å². The molecule has 30 heavy (non-hydrogen) atoms. The Labute approximate surface area is 181 Å². The number of carbonyl (C=O) groups excluding carboxylic acids is 2. The van der Waals surface area contributed by atoms with Gasteiger partial charge in [0.1, 0.15) is 10.6 Å². The molecule has 1 aliphatic heterocycles. The van der Waals surface area contributed by atoms with Gasteiger partial charge in [-0.05, 0) is 24.3 Å². The summed E-state index contributed by atoms with van der Waals surface area (Å²) in [7, 11) is -4.04. The normalized spacial score (nSPS) is 14.6. The summed E-state index contributed by atoms with van der Waals surface area (Å²) in [6.07, 6.45) is 2.89. The molecule has 1 aliphatic rings. The Morgan fingerprint density at radius 1 is 1.33 bits per heavy atom. The first-order chi connectivity index (χ1) is 14.2. The fourth-order valence-corrected chi connectivity index (χ4v) is 5.61. The van der Waals surface area contributed by atoms with Crippen LogP contribution in [-0.4, -0.2) is 29.2 Å². The van der Waals surface area contributed by atoms with E-state index in [9.17, 15) is 18.0 Å². The van der Waals surface area contributed by atoms with Crippen molar-refractivity contribution in [3.63, 3.8) is 0 Å². The molecule has 0 radical (unpaired) electrons.